The number of benzene rings is 1. The van der Waals surface area contributed by atoms with Crippen LogP contribution in [0.4, 0.5) is 4.39 Å². The van der Waals surface area contributed by atoms with Crippen molar-refractivity contribution in [2.45, 2.75) is 26.9 Å². The van der Waals surface area contributed by atoms with Gasteiger partial charge < -0.3 is 9.15 Å². The Morgan fingerprint density at radius 2 is 2.03 bits per heavy atom. The maximum Gasteiger partial charge on any atom is 0.256 e. The van der Waals surface area contributed by atoms with Gasteiger partial charge in [-0.05, 0) is 56.7 Å². The maximum atomic E-state index is 14.1. The molecule has 0 spiro atoms. The lowest BCUT2D eigenvalue weighted by Crippen LogP contribution is -2.12. The molecule has 1 atom stereocenters. The molecule has 0 aliphatic heterocycles. The molecule has 1 aromatic carbocycles. The number of aromatic amines is 1. The van der Waals surface area contributed by atoms with Crippen LogP contribution >= 0.6 is 11.6 Å². The molecule has 4 aromatic rings. The summed E-state index contributed by atoms with van der Waals surface area (Å²) >= 11 is 5.70. The summed E-state index contributed by atoms with van der Waals surface area (Å²) in [6, 6.07) is 8.20. The van der Waals surface area contributed by atoms with Crippen molar-refractivity contribution in [3.05, 3.63) is 74.5 Å². The highest BCUT2D eigenvalue weighted by Crippen LogP contribution is 2.32. The van der Waals surface area contributed by atoms with Gasteiger partial charge in [-0.15, -0.1) is 0 Å². The zero-order valence-electron chi connectivity index (χ0n) is 15.9. The SMILES string of the molecule is Cc1cc([C@@H](C)Oc2ccc(Cl)nc2F)c2oc(-c3ccn[nH]3)c(C)c(=O)c2c1. The van der Waals surface area contributed by atoms with Gasteiger partial charge in [0.1, 0.15) is 22.5 Å². The fourth-order valence-electron chi connectivity index (χ4n) is 3.25. The fourth-order valence-corrected chi connectivity index (χ4v) is 3.39. The Hall–Kier alpha value is -3.19. The predicted octanol–water partition coefficient (Wildman–Crippen LogP) is 5.13. The monoisotopic (exact) mass is 413 g/mol. The predicted molar refractivity (Wildman–Crippen MR) is 108 cm³/mol. The second kappa shape index (κ2) is 7.33. The Morgan fingerprint density at radius 1 is 1.24 bits per heavy atom. The molecule has 0 bridgehead atoms. The zero-order chi connectivity index (χ0) is 20.7. The van der Waals surface area contributed by atoms with E-state index < -0.39 is 12.1 Å². The second-order valence-electron chi connectivity index (χ2n) is 6.77. The van der Waals surface area contributed by atoms with Gasteiger partial charge >= 0.3 is 0 Å². The summed E-state index contributed by atoms with van der Waals surface area (Å²) in [7, 11) is 0. The van der Waals surface area contributed by atoms with Crippen molar-refractivity contribution in [1.29, 1.82) is 0 Å². The molecule has 4 rings (SSSR count). The lowest BCUT2D eigenvalue weighted by Gasteiger charge is -2.18. The van der Waals surface area contributed by atoms with Crippen molar-refractivity contribution < 1.29 is 13.5 Å². The van der Waals surface area contributed by atoms with Crippen LogP contribution in [0.2, 0.25) is 5.15 Å². The van der Waals surface area contributed by atoms with Gasteiger partial charge in [-0.1, -0.05) is 11.6 Å². The Kier molecular flexibility index (Phi) is 4.84. The standard InChI is InChI=1S/C21H17ClFN3O3/c1-10-8-13(12(3)28-16-4-5-17(22)25-21(16)23)20-14(9-10)18(27)11(2)19(29-20)15-6-7-24-26-15/h4-9,12H,1-3H3,(H,24,26)/t12-/m1/s1. The van der Waals surface area contributed by atoms with Gasteiger partial charge in [0.25, 0.3) is 5.95 Å². The maximum absolute atomic E-state index is 14.1. The van der Waals surface area contributed by atoms with Gasteiger partial charge in [-0.25, -0.2) is 4.98 Å². The number of nitrogens with one attached hydrogen (secondary N) is 1. The summed E-state index contributed by atoms with van der Waals surface area (Å²) in [6.07, 6.45) is 0.965. The minimum Gasteiger partial charge on any atom is -0.481 e. The molecule has 0 aliphatic rings. The van der Waals surface area contributed by atoms with Crippen LogP contribution in [0.5, 0.6) is 5.75 Å². The number of rotatable bonds is 4. The highest BCUT2D eigenvalue weighted by atomic mass is 35.5. The van der Waals surface area contributed by atoms with E-state index in [1.54, 1.807) is 32.2 Å². The van der Waals surface area contributed by atoms with Crippen molar-refractivity contribution in [3.63, 3.8) is 0 Å². The molecule has 3 heterocycles. The highest BCUT2D eigenvalue weighted by Gasteiger charge is 2.21. The molecule has 0 aliphatic carbocycles. The molecule has 8 heteroatoms. The van der Waals surface area contributed by atoms with Gasteiger partial charge in [0, 0.05) is 17.3 Å². The molecule has 0 fully saturated rings. The van der Waals surface area contributed by atoms with Crippen LogP contribution in [0, 0.1) is 19.8 Å². The number of hydrogen-bond donors (Lipinski definition) is 1. The summed E-state index contributed by atoms with van der Waals surface area (Å²) in [6.45, 7) is 5.33. The summed E-state index contributed by atoms with van der Waals surface area (Å²) in [5, 5.41) is 7.21. The van der Waals surface area contributed by atoms with E-state index in [1.165, 1.54) is 12.1 Å². The van der Waals surface area contributed by atoms with Gasteiger partial charge in [0.2, 0.25) is 0 Å². The molecule has 148 valence electrons. The average molecular weight is 414 g/mol. The third-order valence-corrected chi connectivity index (χ3v) is 4.87. The van der Waals surface area contributed by atoms with E-state index in [4.69, 9.17) is 20.8 Å². The van der Waals surface area contributed by atoms with Crippen molar-refractivity contribution in [2.75, 3.05) is 0 Å². The zero-order valence-corrected chi connectivity index (χ0v) is 16.7. The van der Waals surface area contributed by atoms with Crippen molar-refractivity contribution in [2.24, 2.45) is 0 Å². The van der Waals surface area contributed by atoms with Gasteiger partial charge in [0.05, 0.1) is 5.39 Å². The summed E-state index contributed by atoms with van der Waals surface area (Å²) in [5.74, 6) is -0.451. The first-order valence-electron chi connectivity index (χ1n) is 8.91. The van der Waals surface area contributed by atoms with Crippen molar-refractivity contribution >= 4 is 22.6 Å². The molecule has 0 saturated heterocycles. The fraction of sp³-hybridized carbons (Fsp3) is 0.190. The molecule has 0 radical (unpaired) electrons. The third-order valence-electron chi connectivity index (χ3n) is 4.66. The Labute approximate surface area is 170 Å². The number of hydrogen-bond acceptors (Lipinski definition) is 5. The molecule has 29 heavy (non-hydrogen) atoms. The average Bonchev–Trinajstić information content (AvgIpc) is 3.21. The Bertz CT molecular complexity index is 1270. The van der Waals surface area contributed by atoms with Gasteiger partial charge in [0.15, 0.2) is 16.9 Å². The summed E-state index contributed by atoms with van der Waals surface area (Å²) < 4.78 is 26.0. The molecule has 0 unspecified atom stereocenters. The molecule has 0 amide bonds. The van der Waals surface area contributed by atoms with Crippen LogP contribution in [-0.2, 0) is 0 Å². The third kappa shape index (κ3) is 3.49. The van der Waals surface area contributed by atoms with E-state index in [2.05, 4.69) is 15.2 Å². The highest BCUT2D eigenvalue weighted by molar-refractivity contribution is 6.29. The first kappa shape index (κ1) is 19.1. The Morgan fingerprint density at radius 3 is 2.72 bits per heavy atom. The van der Waals surface area contributed by atoms with Crippen molar-refractivity contribution in [1.82, 2.24) is 15.2 Å². The van der Waals surface area contributed by atoms with E-state index in [0.717, 1.165) is 5.56 Å². The summed E-state index contributed by atoms with van der Waals surface area (Å²) in [5.41, 5.74) is 2.78. The van der Waals surface area contributed by atoms with Crippen LogP contribution in [0.25, 0.3) is 22.4 Å². The van der Waals surface area contributed by atoms with Crippen LogP contribution in [0.1, 0.15) is 29.7 Å². The van der Waals surface area contributed by atoms with E-state index >= 15 is 0 Å². The van der Waals surface area contributed by atoms with E-state index in [9.17, 15) is 9.18 Å². The normalized spacial score (nSPS) is 12.3. The van der Waals surface area contributed by atoms with Crippen molar-refractivity contribution in [3.8, 4) is 17.2 Å². The first-order valence-corrected chi connectivity index (χ1v) is 9.29. The van der Waals surface area contributed by atoms with Crippen LogP contribution in [-0.4, -0.2) is 15.2 Å². The van der Waals surface area contributed by atoms with E-state index in [1.807, 2.05) is 13.0 Å². The lowest BCUT2D eigenvalue weighted by atomic mass is 10.0. The van der Waals surface area contributed by atoms with Crippen LogP contribution in [0.15, 0.2) is 45.7 Å². The van der Waals surface area contributed by atoms with Gasteiger partial charge in [-0.3, -0.25) is 9.89 Å². The van der Waals surface area contributed by atoms with Crippen LogP contribution < -0.4 is 10.2 Å². The lowest BCUT2D eigenvalue weighted by molar-refractivity contribution is 0.213. The van der Waals surface area contributed by atoms with E-state index in [0.29, 0.717) is 33.6 Å². The number of aromatic nitrogens is 3. The first-order chi connectivity index (χ1) is 13.8. The number of pyridine rings is 1. The number of fused-ring (bicyclic) bond motifs is 1. The molecule has 6 nitrogen and oxygen atoms in total. The Balaban J connectivity index is 1.88. The molecule has 0 saturated carbocycles. The molecule has 3 aromatic heterocycles. The molecule has 1 N–H and O–H groups in total. The number of H-pyrrole nitrogens is 1. The minimum absolute atomic E-state index is 0.0363. The quantitative estimate of drug-likeness (QED) is 0.469. The van der Waals surface area contributed by atoms with E-state index in [-0.39, 0.29) is 16.3 Å². The minimum atomic E-state index is -0.809. The number of aryl methyl sites for hydroxylation is 1. The van der Waals surface area contributed by atoms with Gasteiger partial charge in [-0.2, -0.15) is 9.49 Å². The topological polar surface area (TPSA) is 81.0 Å². The summed E-state index contributed by atoms with van der Waals surface area (Å²) in [4.78, 5) is 16.6. The largest absolute Gasteiger partial charge is 0.481 e. The number of nitrogens with zero attached hydrogens (tertiary/aromatic N) is 2. The second-order valence-corrected chi connectivity index (χ2v) is 7.16. The number of halogens is 2. The smallest absolute Gasteiger partial charge is 0.256 e. The molecular weight excluding hydrogens is 397 g/mol. The number of ether oxygens (including phenoxy) is 1. The van der Waals surface area contributed by atoms with Crippen LogP contribution in [0.3, 0.4) is 0 Å². The molecular formula is C21H17ClFN3O3.